The van der Waals surface area contributed by atoms with E-state index in [4.69, 9.17) is 4.74 Å². The number of aromatic nitrogens is 2. The molecule has 0 fully saturated rings. The first-order chi connectivity index (χ1) is 12.1. The maximum Gasteiger partial charge on any atom is 0.251 e. The number of rotatable bonds is 7. The Hall–Kier alpha value is -2.56. The Morgan fingerprint density at radius 2 is 2.20 bits per heavy atom. The van der Waals surface area contributed by atoms with E-state index in [0.29, 0.717) is 24.5 Å². The molecule has 0 aliphatic heterocycles. The maximum atomic E-state index is 12.3. The van der Waals surface area contributed by atoms with Crippen molar-refractivity contribution in [3.63, 3.8) is 0 Å². The fourth-order valence-electron chi connectivity index (χ4n) is 3.09. The van der Waals surface area contributed by atoms with Crippen LogP contribution < -0.4 is 10.1 Å². The lowest BCUT2D eigenvalue weighted by atomic mass is 9.95. The van der Waals surface area contributed by atoms with Crippen LogP contribution in [-0.4, -0.2) is 29.3 Å². The van der Waals surface area contributed by atoms with Crippen molar-refractivity contribution in [3.8, 4) is 5.75 Å². The third kappa shape index (κ3) is 4.50. The summed E-state index contributed by atoms with van der Waals surface area (Å²) in [6, 6.07) is 7.22. The molecule has 2 aromatic rings. The maximum absolute atomic E-state index is 12.3. The second-order valence-electron chi connectivity index (χ2n) is 6.61. The number of aromatic amines is 1. The SMILES string of the molecule is C=C(C)COc1cccc(C(=O)NCCc2n[nH]c3c2CCCC3)c1. The van der Waals surface area contributed by atoms with E-state index in [1.165, 1.54) is 24.1 Å². The number of ether oxygens (including phenoxy) is 1. The van der Waals surface area contributed by atoms with Gasteiger partial charge >= 0.3 is 0 Å². The second-order valence-corrected chi connectivity index (χ2v) is 6.61. The molecule has 1 aromatic heterocycles. The lowest BCUT2D eigenvalue weighted by Gasteiger charge is -2.11. The molecule has 0 spiro atoms. The lowest BCUT2D eigenvalue weighted by Crippen LogP contribution is -2.26. The Morgan fingerprint density at radius 3 is 3.04 bits per heavy atom. The molecule has 5 heteroatoms. The van der Waals surface area contributed by atoms with Gasteiger partial charge in [-0.25, -0.2) is 0 Å². The highest BCUT2D eigenvalue weighted by molar-refractivity contribution is 5.94. The Bertz CT molecular complexity index is 764. The molecular weight excluding hydrogens is 314 g/mol. The molecule has 1 heterocycles. The van der Waals surface area contributed by atoms with Gasteiger partial charge in [-0.2, -0.15) is 5.10 Å². The first kappa shape index (κ1) is 17.3. The van der Waals surface area contributed by atoms with Crippen LogP contribution in [0.25, 0.3) is 0 Å². The molecule has 0 atom stereocenters. The minimum Gasteiger partial charge on any atom is -0.489 e. The fraction of sp³-hybridized carbons (Fsp3) is 0.400. The van der Waals surface area contributed by atoms with E-state index in [-0.39, 0.29) is 5.91 Å². The molecule has 1 aromatic carbocycles. The summed E-state index contributed by atoms with van der Waals surface area (Å²) in [6.07, 6.45) is 5.39. The van der Waals surface area contributed by atoms with Gasteiger partial charge in [-0.15, -0.1) is 0 Å². The molecule has 25 heavy (non-hydrogen) atoms. The number of nitrogens with one attached hydrogen (secondary N) is 2. The monoisotopic (exact) mass is 339 g/mol. The van der Waals surface area contributed by atoms with Gasteiger partial charge in [0.1, 0.15) is 12.4 Å². The Labute approximate surface area is 148 Å². The minimum atomic E-state index is -0.0924. The van der Waals surface area contributed by atoms with Crippen molar-refractivity contribution in [2.24, 2.45) is 0 Å². The van der Waals surface area contributed by atoms with Crippen LogP contribution in [0.5, 0.6) is 5.75 Å². The summed E-state index contributed by atoms with van der Waals surface area (Å²) in [4.78, 5) is 12.3. The third-order valence-electron chi connectivity index (χ3n) is 4.37. The number of fused-ring (bicyclic) bond motifs is 1. The molecule has 5 nitrogen and oxygen atoms in total. The summed E-state index contributed by atoms with van der Waals surface area (Å²) in [5, 5.41) is 10.5. The van der Waals surface area contributed by atoms with Gasteiger partial charge in [0, 0.05) is 24.2 Å². The molecule has 0 saturated heterocycles. The summed E-state index contributed by atoms with van der Waals surface area (Å²) in [5.74, 6) is 0.585. The van der Waals surface area contributed by atoms with Crippen molar-refractivity contribution in [1.82, 2.24) is 15.5 Å². The van der Waals surface area contributed by atoms with Crippen molar-refractivity contribution in [2.75, 3.05) is 13.2 Å². The zero-order chi connectivity index (χ0) is 17.6. The van der Waals surface area contributed by atoms with E-state index in [1.807, 2.05) is 19.1 Å². The highest BCUT2D eigenvalue weighted by atomic mass is 16.5. The molecule has 0 radical (unpaired) electrons. The number of benzene rings is 1. The van der Waals surface area contributed by atoms with Crippen LogP contribution in [0.3, 0.4) is 0 Å². The predicted octanol–water partition coefficient (Wildman–Crippen LogP) is 3.22. The number of hydrogen-bond acceptors (Lipinski definition) is 3. The van der Waals surface area contributed by atoms with Gasteiger partial charge in [0.05, 0.1) is 5.69 Å². The fourth-order valence-corrected chi connectivity index (χ4v) is 3.09. The van der Waals surface area contributed by atoms with E-state index < -0.39 is 0 Å². The van der Waals surface area contributed by atoms with Crippen LogP contribution in [-0.2, 0) is 19.3 Å². The van der Waals surface area contributed by atoms with Gasteiger partial charge in [0.25, 0.3) is 5.91 Å². The molecule has 1 aliphatic carbocycles. The summed E-state index contributed by atoms with van der Waals surface area (Å²) >= 11 is 0. The zero-order valence-corrected chi connectivity index (χ0v) is 14.7. The van der Waals surface area contributed by atoms with E-state index >= 15 is 0 Å². The average molecular weight is 339 g/mol. The Kier molecular flexibility index (Phi) is 5.53. The molecule has 132 valence electrons. The van der Waals surface area contributed by atoms with E-state index in [2.05, 4.69) is 22.1 Å². The van der Waals surface area contributed by atoms with Crippen molar-refractivity contribution in [2.45, 2.75) is 39.0 Å². The zero-order valence-electron chi connectivity index (χ0n) is 14.7. The number of carbonyl (C=O) groups is 1. The predicted molar refractivity (Wildman–Crippen MR) is 98.0 cm³/mol. The van der Waals surface area contributed by atoms with Crippen LogP contribution in [0.15, 0.2) is 36.4 Å². The van der Waals surface area contributed by atoms with E-state index in [1.54, 1.807) is 12.1 Å². The molecule has 2 N–H and O–H groups in total. The van der Waals surface area contributed by atoms with Gasteiger partial charge in [0.15, 0.2) is 0 Å². The summed E-state index contributed by atoms with van der Waals surface area (Å²) in [6.45, 7) is 6.75. The van der Waals surface area contributed by atoms with Crippen molar-refractivity contribution < 1.29 is 9.53 Å². The van der Waals surface area contributed by atoms with Gasteiger partial charge in [0.2, 0.25) is 0 Å². The number of carbonyl (C=O) groups excluding carboxylic acids is 1. The minimum absolute atomic E-state index is 0.0924. The van der Waals surface area contributed by atoms with Gasteiger partial charge in [-0.05, 0) is 61.9 Å². The number of nitrogens with zero attached hydrogens (tertiary/aromatic N) is 1. The Balaban J connectivity index is 1.53. The molecule has 3 rings (SSSR count). The topological polar surface area (TPSA) is 67.0 Å². The highest BCUT2D eigenvalue weighted by Gasteiger charge is 2.16. The van der Waals surface area contributed by atoms with E-state index in [9.17, 15) is 4.79 Å². The molecular formula is C20H25N3O2. The van der Waals surface area contributed by atoms with Gasteiger partial charge in [-0.1, -0.05) is 12.6 Å². The molecule has 0 unspecified atom stereocenters. The third-order valence-corrected chi connectivity index (χ3v) is 4.37. The number of H-pyrrole nitrogens is 1. The van der Waals surface area contributed by atoms with Crippen LogP contribution in [0.1, 0.15) is 47.1 Å². The number of aryl methyl sites for hydroxylation is 1. The highest BCUT2D eigenvalue weighted by Crippen LogP contribution is 2.22. The van der Waals surface area contributed by atoms with Crippen molar-refractivity contribution >= 4 is 5.91 Å². The van der Waals surface area contributed by atoms with Crippen LogP contribution in [0, 0.1) is 0 Å². The van der Waals surface area contributed by atoms with Crippen molar-refractivity contribution in [1.29, 1.82) is 0 Å². The molecule has 1 aliphatic rings. The van der Waals surface area contributed by atoms with Crippen LogP contribution in [0.4, 0.5) is 0 Å². The quantitative estimate of drug-likeness (QED) is 0.761. The van der Waals surface area contributed by atoms with Crippen LogP contribution >= 0.6 is 0 Å². The number of amides is 1. The van der Waals surface area contributed by atoms with Gasteiger partial charge in [-0.3, -0.25) is 9.89 Å². The normalized spacial score (nSPS) is 13.2. The smallest absolute Gasteiger partial charge is 0.251 e. The lowest BCUT2D eigenvalue weighted by molar-refractivity contribution is 0.0953. The second kappa shape index (κ2) is 8.01. The standard InChI is InChI=1S/C20H25N3O2/c1-14(2)13-25-16-7-5-6-15(12-16)20(24)21-11-10-19-17-8-3-4-9-18(17)22-23-19/h5-7,12H,1,3-4,8-11,13H2,2H3,(H,21,24)(H,22,23). The van der Waals surface area contributed by atoms with Crippen molar-refractivity contribution in [3.05, 3.63) is 58.9 Å². The van der Waals surface area contributed by atoms with E-state index in [0.717, 1.165) is 30.5 Å². The molecule has 0 saturated carbocycles. The summed E-state index contributed by atoms with van der Waals surface area (Å²) in [7, 11) is 0. The summed E-state index contributed by atoms with van der Waals surface area (Å²) in [5.41, 5.74) is 5.26. The number of hydrogen-bond donors (Lipinski definition) is 2. The molecule has 0 bridgehead atoms. The average Bonchev–Trinajstić information content (AvgIpc) is 3.03. The Morgan fingerprint density at radius 1 is 1.36 bits per heavy atom. The van der Waals surface area contributed by atoms with Gasteiger partial charge < -0.3 is 10.1 Å². The molecule has 1 amide bonds. The summed E-state index contributed by atoms with van der Waals surface area (Å²) < 4.78 is 5.59. The first-order valence-electron chi connectivity index (χ1n) is 8.84. The van der Waals surface area contributed by atoms with Crippen LogP contribution in [0.2, 0.25) is 0 Å². The first-order valence-corrected chi connectivity index (χ1v) is 8.84. The largest absolute Gasteiger partial charge is 0.489 e.